The van der Waals surface area contributed by atoms with E-state index in [0.717, 1.165) is 24.3 Å². The molecular weight excluding hydrogens is 272 g/mol. The van der Waals surface area contributed by atoms with Gasteiger partial charge in [0.25, 0.3) is 0 Å². The highest BCUT2D eigenvalue weighted by molar-refractivity contribution is 7.16. The van der Waals surface area contributed by atoms with E-state index in [1.807, 2.05) is 6.92 Å². The number of halogens is 1. The second-order valence-electron chi connectivity index (χ2n) is 4.73. The SMILES string of the molecule is CC1(C(=O)NCC(O)c2ccc(Cl)s2)CCCN1. The molecule has 1 aromatic heterocycles. The summed E-state index contributed by atoms with van der Waals surface area (Å²) in [5, 5.41) is 15.9. The second-order valence-corrected chi connectivity index (χ2v) is 6.48. The topological polar surface area (TPSA) is 61.4 Å². The van der Waals surface area contributed by atoms with E-state index in [2.05, 4.69) is 10.6 Å². The molecule has 0 spiro atoms. The maximum absolute atomic E-state index is 12.0. The molecule has 1 saturated heterocycles. The van der Waals surface area contributed by atoms with Gasteiger partial charge >= 0.3 is 0 Å². The zero-order chi connectivity index (χ0) is 13.2. The maximum atomic E-state index is 12.0. The number of hydrogen-bond donors (Lipinski definition) is 3. The Bertz CT molecular complexity index is 429. The van der Waals surface area contributed by atoms with Crippen LogP contribution in [0.5, 0.6) is 0 Å². The van der Waals surface area contributed by atoms with E-state index in [0.29, 0.717) is 4.34 Å². The summed E-state index contributed by atoms with van der Waals surface area (Å²) in [4.78, 5) is 12.8. The van der Waals surface area contributed by atoms with Crippen molar-refractivity contribution in [3.8, 4) is 0 Å². The highest BCUT2D eigenvalue weighted by Crippen LogP contribution is 2.26. The Morgan fingerprint density at radius 3 is 3.06 bits per heavy atom. The molecule has 1 aromatic rings. The van der Waals surface area contributed by atoms with Crippen LogP contribution in [0.2, 0.25) is 4.34 Å². The van der Waals surface area contributed by atoms with Gasteiger partial charge in [0.15, 0.2) is 0 Å². The zero-order valence-corrected chi connectivity index (χ0v) is 11.8. The Morgan fingerprint density at radius 1 is 1.72 bits per heavy atom. The maximum Gasteiger partial charge on any atom is 0.240 e. The van der Waals surface area contributed by atoms with Crippen LogP contribution in [-0.4, -0.2) is 29.6 Å². The van der Waals surface area contributed by atoms with Gasteiger partial charge in [0.2, 0.25) is 5.91 Å². The van der Waals surface area contributed by atoms with Gasteiger partial charge in [0.1, 0.15) is 6.10 Å². The fourth-order valence-electron chi connectivity index (χ4n) is 2.08. The predicted molar refractivity (Wildman–Crippen MR) is 72.9 cm³/mol. The third-order valence-electron chi connectivity index (χ3n) is 3.25. The van der Waals surface area contributed by atoms with Crippen LogP contribution in [0.25, 0.3) is 0 Å². The third kappa shape index (κ3) is 3.03. The number of amides is 1. The predicted octanol–water partition coefficient (Wildman–Crippen LogP) is 1.69. The quantitative estimate of drug-likeness (QED) is 0.790. The molecule has 0 aliphatic carbocycles. The molecule has 0 radical (unpaired) electrons. The molecule has 1 aliphatic heterocycles. The lowest BCUT2D eigenvalue weighted by molar-refractivity contribution is -0.127. The average Bonchev–Trinajstić information content (AvgIpc) is 2.95. The Labute approximate surface area is 115 Å². The summed E-state index contributed by atoms with van der Waals surface area (Å²) < 4.78 is 0.639. The molecule has 100 valence electrons. The Balaban J connectivity index is 1.86. The van der Waals surface area contributed by atoms with Crippen LogP contribution in [-0.2, 0) is 4.79 Å². The summed E-state index contributed by atoms with van der Waals surface area (Å²) in [5.74, 6) is -0.0540. The van der Waals surface area contributed by atoms with E-state index in [4.69, 9.17) is 11.6 Å². The van der Waals surface area contributed by atoms with Crippen molar-refractivity contribution < 1.29 is 9.90 Å². The van der Waals surface area contributed by atoms with Gasteiger partial charge in [-0.3, -0.25) is 4.79 Å². The lowest BCUT2D eigenvalue weighted by Crippen LogP contribution is -2.51. The van der Waals surface area contributed by atoms with Crippen molar-refractivity contribution in [3.05, 3.63) is 21.3 Å². The normalized spacial score (nSPS) is 25.1. The lowest BCUT2D eigenvalue weighted by atomic mass is 9.99. The van der Waals surface area contributed by atoms with E-state index in [1.165, 1.54) is 11.3 Å². The van der Waals surface area contributed by atoms with Crippen LogP contribution < -0.4 is 10.6 Å². The first-order valence-corrected chi connectivity index (χ1v) is 7.17. The van der Waals surface area contributed by atoms with E-state index >= 15 is 0 Å². The molecule has 1 amide bonds. The largest absolute Gasteiger partial charge is 0.386 e. The van der Waals surface area contributed by atoms with Gasteiger partial charge in [0.05, 0.1) is 9.88 Å². The number of aliphatic hydroxyl groups excluding tert-OH is 1. The lowest BCUT2D eigenvalue weighted by Gasteiger charge is -2.23. The van der Waals surface area contributed by atoms with E-state index in [9.17, 15) is 9.90 Å². The summed E-state index contributed by atoms with van der Waals surface area (Å²) >= 11 is 7.13. The highest BCUT2D eigenvalue weighted by Gasteiger charge is 2.35. The van der Waals surface area contributed by atoms with Crippen molar-refractivity contribution in [2.75, 3.05) is 13.1 Å². The molecule has 0 saturated carbocycles. The first-order valence-electron chi connectivity index (χ1n) is 5.98. The number of aliphatic hydroxyl groups is 1. The van der Waals surface area contributed by atoms with E-state index < -0.39 is 11.6 Å². The fourth-order valence-corrected chi connectivity index (χ4v) is 3.13. The van der Waals surface area contributed by atoms with Crippen LogP contribution in [0.3, 0.4) is 0 Å². The zero-order valence-electron chi connectivity index (χ0n) is 10.2. The minimum Gasteiger partial charge on any atom is -0.386 e. The molecule has 0 bridgehead atoms. The Morgan fingerprint density at radius 2 is 2.50 bits per heavy atom. The standard InChI is InChI=1S/C12H17ClN2O2S/c1-12(5-2-6-15-12)11(17)14-7-8(16)9-3-4-10(13)18-9/h3-4,8,15-16H,2,5-7H2,1H3,(H,14,17). The van der Waals surface area contributed by atoms with Gasteiger partial charge in [-0.05, 0) is 38.4 Å². The third-order valence-corrected chi connectivity index (χ3v) is 4.58. The minimum absolute atomic E-state index is 0.0540. The molecule has 1 aliphatic rings. The second kappa shape index (κ2) is 5.57. The van der Waals surface area contributed by atoms with Crippen molar-refractivity contribution in [3.63, 3.8) is 0 Å². The first kappa shape index (κ1) is 13.8. The summed E-state index contributed by atoms with van der Waals surface area (Å²) in [7, 11) is 0. The van der Waals surface area contributed by atoms with Gasteiger partial charge in [-0.1, -0.05) is 11.6 Å². The van der Waals surface area contributed by atoms with Crippen molar-refractivity contribution in [1.29, 1.82) is 0 Å². The molecule has 6 heteroatoms. The van der Waals surface area contributed by atoms with Gasteiger partial charge in [0, 0.05) is 11.4 Å². The number of thiophene rings is 1. The molecular formula is C12H17ClN2O2S. The van der Waals surface area contributed by atoms with Crippen LogP contribution in [0.1, 0.15) is 30.7 Å². The number of nitrogens with one attached hydrogen (secondary N) is 2. The van der Waals surface area contributed by atoms with Gasteiger partial charge in [-0.25, -0.2) is 0 Å². The van der Waals surface area contributed by atoms with Crippen LogP contribution in [0.15, 0.2) is 12.1 Å². The highest BCUT2D eigenvalue weighted by atomic mass is 35.5. The van der Waals surface area contributed by atoms with Crippen LogP contribution in [0, 0.1) is 0 Å². The minimum atomic E-state index is -0.698. The summed E-state index contributed by atoms with van der Waals surface area (Å²) in [6.07, 6.45) is 1.14. The molecule has 3 N–H and O–H groups in total. The molecule has 18 heavy (non-hydrogen) atoms. The smallest absolute Gasteiger partial charge is 0.240 e. The summed E-state index contributed by atoms with van der Waals surface area (Å²) in [6.45, 7) is 2.98. The molecule has 0 aromatic carbocycles. The Hall–Kier alpha value is -0.620. The molecule has 2 unspecified atom stereocenters. The van der Waals surface area contributed by atoms with Crippen LogP contribution >= 0.6 is 22.9 Å². The Kier molecular flexibility index (Phi) is 4.27. The number of carbonyl (C=O) groups is 1. The summed E-state index contributed by atoms with van der Waals surface area (Å²) in [6, 6.07) is 3.52. The first-order chi connectivity index (χ1) is 8.51. The van der Waals surface area contributed by atoms with Gasteiger partial charge in [-0.15, -0.1) is 11.3 Å². The van der Waals surface area contributed by atoms with E-state index in [-0.39, 0.29) is 12.5 Å². The summed E-state index contributed by atoms with van der Waals surface area (Å²) in [5.41, 5.74) is -0.493. The molecule has 4 nitrogen and oxygen atoms in total. The van der Waals surface area contributed by atoms with Crippen molar-refractivity contribution in [2.24, 2.45) is 0 Å². The van der Waals surface area contributed by atoms with Gasteiger partial charge in [-0.2, -0.15) is 0 Å². The monoisotopic (exact) mass is 288 g/mol. The fraction of sp³-hybridized carbons (Fsp3) is 0.583. The van der Waals surface area contributed by atoms with Gasteiger partial charge < -0.3 is 15.7 Å². The number of rotatable bonds is 4. The average molecular weight is 289 g/mol. The molecule has 2 atom stereocenters. The van der Waals surface area contributed by atoms with Crippen molar-refractivity contribution in [2.45, 2.75) is 31.4 Å². The molecule has 1 fully saturated rings. The van der Waals surface area contributed by atoms with Crippen LogP contribution in [0.4, 0.5) is 0 Å². The number of hydrogen-bond acceptors (Lipinski definition) is 4. The van der Waals surface area contributed by atoms with E-state index in [1.54, 1.807) is 12.1 Å². The molecule has 2 heterocycles. The number of carbonyl (C=O) groups excluding carboxylic acids is 1. The molecule has 2 rings (SSSR count). The van der Waals surface area contributed by atoms with Crippen molar-refractivity contribution in [1.82, 2.24) is 10.6 Å². The van der Waals surface area contributed by atoms with Crippen molar-refractivity contribution >= 4 is 28.8 Å².